The van der Waals surface area contributed by atoms with E-state index in [4.69, 9.17) is 26.3 Å². The fraction of sp³-hybridized carbons (Fsp3) is 0.167. The smallest absolute Gasteiger partial charge is 0.137 e. The summed E-state index contributed by atoms with van der Waals surface area (Å²) in [6.07, 6.45) is 3.41. The highest BCUT2D eigenvalue weighted by Crippen LogP contribution is 2.23. The molecule has 0 unspecified atom stereocenters. The highest BCUT2D eigenvalue weighted by molar-refractivity contribution is 6.30. The zero-order valence-corrected chi connectivity index (χ0v) is 14.3. The molecule has 6 nitrogen and oxygen atoms in total. The summed E-state index contributed by atoms with van der Waals surface area (Å²) in [6.45, 7) is 0.641. The van der Waals surface area contributed by atoms with Gasteiger partial charge in [-0.1, -0.05) is 11.6 Å². The van der Waals surface area contributed by atoms with Gasteiger partial charge in [-0.2, -0.15) is 10.4 Å². The van der Waals surface area contributed by atoms with Crippen molar-refractivity contribution in [2.75, 3.05) is 13.2 Å². The van der Waals surface area contributed by atoms with Crippen molar-refractivity contribution in [2.24, 2.45) is 7.05 Å². The molecule has 0 radical (unpaired) electrons. The summed E-state index contributed by atoms with van der Waals surface area (Å²) in [6, 6.07) is 12.5. The molecule has 0 spiro atoms. The second-order valence-electron chi connectivity index (χ2n) is 5.17. The summed E-state index contributed by atoms with van der Waals surface area (Å²) >= 11 is 5.86. The van der Waals surface area contributed by atoms with Crippen LogP contribution in [0.15, 0.2) is 48.8 Å². The number of benzene rings is 1. The molecule has 3 rings (SSSR count). The minimum absolute atomic E-state index is 0.305. The molecule has 0 saturated heterocycles. The van der Waals surface area contributed by atoms with E-state index in [-0.39, 0.29) is 0 Å². The molecule has 0 N–H and O–H groups in total. The Labute approximate surface area is 150 Å². The first-order chi connectivity index (χ1) is 12.2. The number of hydrogen-bond acceptors (Lipinski definition) is 5. The van der Waals surface area contributed by atoms with Gasteiger partial charge in [0.05, 0.1) is 17.0 Å². The molecule has 1 aromatic carbocycles. The lowest BCUT2D eigenvalue weighted by atomic mass is 10.2. The van der Waals surface area contributed by atoms with Gasteiger partial charge in [-0.05, 0) is 30.3 Å². The molecule has 126 valence electrons. The Kier molecular flexibility index (Phi) is 5.17. The number of rotatable bonds is 6. The van der Waals surface area contributed by atoms with E-state index in [1.165, 1.54) is 0 Å². The summed E-state index contributed by atoms with van der Waals surface area (Å²) in [5.41, 5.74) is 2.08. The highest BCUT2D eigenvalue weighted by Gasteiger charge is 2.07. The van der Waals surface area contributed by atoms with Crippen LogP contribution in [0.4, 0.5) is 0 Å². The Morgan fingerprint density at radius 2 is 1.96 bits per heavy atom. The summed E-state index contributed by atoms with van der Waals surface area (Å²) in [5.74, 6) is 1.17. The average Bonchev–Trinajstić information content (AvgIpc) is 3.06. The fourth-order valence-electron chi connectivity index (χ4n) is 2.29. The molecular formula is C18H15ClN4O2. The van der Waals surface area contributed by atoms with Crippen LogP contribution in [0.25, 0.3) is 11.4 Å². The standard InChI is InChI=1S/C18H15ClN4O2/c1-23-17(5-7-22-23)16-11-15(4-6-21-16)24-8-9-25-18-3-2-14(19)10-13(18)12-20/h2-7,10-11H,8-9H2,1H3. The van der Waals surface area contributed by atoms with Crippen molar-refractivity contribution < 1.29 is 9.47 Å². The van der Waals surface area contributed by atoms with Crippen molar-refractivity contribution in [1.29, 1.82) is 5.26 Å². The molecule has 3 aromatic rings. The van der Waals surface area contributed by atoms with E-state index >= 15 is 0 Å². The van der Waals surface area contributed by atoms with Gasteiger partial charge >= 0.3 is 0 Å². The zero-order valence-electron chi connectivity index (χ0n) is 13.5. The van der Waals surface area contributed by atoms with Crippen LogP contribution in [0.1, 0.15) is 5.56 Å². The number of halogens is 1. The van der Waals surface area contributed by atoms with E-state index in [2.05, 4.69) is 16.2 Å². The van der Waals surface area contributed by atoms with E-state index < -0.39 is 0 Å². The van der Waals surface area contributed by atoms with Crippen LogP contribution in [0, 0.1) is 11.3 Å². The van der Waals surface area contributed by atoms with Gasteiger partial charge in [0.1, 0.15) is 30.8 Å². The van der Waals surface area contributed by atoms with Crippen LogP contribution in [-0.4, -0.2) is 28.0 Å². The number of aryl methyl sites for hydroxylation is 1. The number of nitrogens with zero attached hydrogens (tertiary/aromatic N) is 4. The average molecular weight is 355 g/mol. The monoisotopic (exact) mass is 354 g/mol. The number of pyridine rings is 1. The van der Waals surface area contributed by atoms with E-state index in [9.17, 15) is 0 Å². The van der Waals surface area contributed by atoms with Crippen LogP contribution in [-0.2, 0) is 7.05 Å². The topological polar surface area (TPSA) is 73.0 Å². The van der Waals surface area contributed by atoms with Gasteiger partial charge in [0, 0.05) is 30.5 Å². The number of nitriles is 1. The maximum absolute atomic E-state index is 9.09. The first-order valence-corrected chi connectivity index (χ1v) is 7.95. The molecule has 2 aromatic heterocycles. The van der Waals surface area contributed by atoms with Gasteiger partial charge in [-0.15, -0.1) is 0 Å². The molecule has 0 saturated carbocycles. The molecule has 0 fully saturated rings. The summed E-state index contributed by atoms with van der Waals surface area (Å²) in [7, 11) is 1.86. The molecule has 0 amide bonds. The van der Waals surface area contributed by atoms with E-state index in [1.54, 1.807) is 41.3 Å². The normalized spacial score (nSPS) is 10.3. The van der Waals surface area contributed by atoms with Crippen molar-refractivity contribution >= 4 is 11.6 Å². The van der Waals surface area contributed by atoms with Gasteiger partial charge in [0.2, 0.25) is 0 Å². The maximum Gasteiger partial charge on any atom is 0.137 e. The molecule has 0 aliphatic carbocycles. The van der Waals surface area contributed by atoms with Gasteiger partial charge < -0.3 is 9.47 Å². The lowest BCUT2D eigenvalue weighted by molar-refractivity contribution is 0.216. The number of aromatic nitrogens is 3. The summed E-state index contributed by atoms with van der Waals surface area (Å²) < 4.78 is 13.0. The van der Waals surface area contributed by atoms with Crippen molar-refractivity contribution in [2.45, 2.75) is 0 Å². The third-order valence-electron chi connectivity index (χ3n) is 3.49. The van der Waals surface area contributed by atoms with Crippen molar-refractivity contribution in [3.8, 4) is 29.0 Å². The largest absolute Gasteiger partial charge is 0.490 e. The van der Waals surface area contributed by atoms with Gasteiger partial charge in [0.15, 0.2) is 0 Å². The first-order valence-electron chi connectivity index (χ1n) is 7.57. The van der Waals surface area contributed by atoms with Crippen LogP contribution >= 0.6 is 11.6 Å². The predicted octanol–water partition coefficient (Wildman–Crippen LogP) is 3.46. The quantitative estimate of drug-likeness (QED) is 0.634. The Hall–Kier alpha value is -3.04. The third-order valence-corrected chi connectivity index (χ3v) is 3.72. The van der Waals surface area contributed by atoms with Gasteiger partial charge in [-0.3, -0.25) is 9.67 Å². The lowest BCUT2D eigenvalue weighted by Crippen LogP contribution is -2.10. The maximum atomic E-state index is 9.09. The second-order valence-corrected chi connectivity index (χ2v) is 5.60. The Morgan fingerprint density at radius 3 is 2.72 bits per heavy atom. The van der Waals surface area contributed by atoms with Crippen molar-refractivity contribution in [3.05, 3.63) is 59.4 Å². The molecule has 25 heavy (non-hydrogen) atoms. The van der Waals surface area contributed by atoms with Crippen LogP contribution < -0.4 is 9.47 Å². The molecule has 0 atom stereocenters. The van der Waals surface area contributed by atoms with E-state index in [0.717, 1.165) is 11.4 Å². The highest BCUT2D eigenvalue weighted by atomic mass is 35.5. The Bertz CT molecular complexity index is 917. The van der Waals surface area contributed by atoms with Crippen LogP contribution in [0.3, 0.4) is 0 Å². The van der Waals surface area contributed by atoms with Crippen molar-refractivity contribution in [1.82, 2.24) is 14.8 Å². The Morgan fingerprint density at radius 1 is 1.12 bits per heavy atom. The molecule has 2 heterocycles. The zero-order chi connectivity index (χ0) is 17.6. The minimum Gasteiger partial charge on any atom is -0.490 e. The summed E-state index contributed by atoms with van der Waals surface area (Å²) in [5, 5.41) is 13.7. The molecule has 0 aliphatic heterocycles. The second kappa shape index (κ2) is 7.69. The first kappa shape index (κ1) is 16.8. The fourth-order valence-corrected chi connectivity index (χ4v) is 2.46. The molecular weight excluding hydrogens is 340 g/mol. The number of ether oxygens (including phenoxy) is 2. The molecule has 0 aliphatic rings. The van der Waals surface area contributed by atoms with Gasteiger partial charge in [-0.25, -0.2) is 0 Å². The molecule has 0 bridgehead atoms. The minimum atomic E-state index is 0.305. The lowest BCUT2D eigenvalue weighted by Gasteiger charge is -2.10. The molecule has 7 heteroatoms. The number of hydrogen-bond donors (Lipinski definition) is 0. The van der Waals surface area contributed by atoms with Gasteiger partial charge in [0.25, 0.3) is 0 Å². The summed E-state index contributed by atoms with van der Waals surface area (Å²) in [4.78, 5) is 4.33. The van der Waals surface area contributed by atoms with Crippen molar-refractivity contribution in [3.63, 3.8) is 0 Å². The Balaban J connectivity index is 1.58. The van der Waals surface area contributed by atoms with E-state index in [0.29, 0.717) is 35.3 Å². The van der Waals surface area contributed by atoms with Crippen LogP contribution in [0.5, 0.6) is 11.5 Å². The van der Waals surface area contributed by atoms with E-state index in [1.807, 2.05) is 19.2 Å². The predicted molar refractivity (Wildman–Crippen MR) is 93.6 cm³/mol. The van der Waals surface area contributed by atoms with Crippen LogP contribution in [0.2, 0.25) is 5.02 Å². The SMILES string of the molecule is Cn1nccc1-c1cc(OCCOc2ccc(Cl)cc2C#N)ccn1. The third kappa shape index (κ3) is 4.08.